The minimum atomic E-state index is 0.372. The van der Waals surface area contributed by atoms with E-state index < -0.39 is 0 Å². The molecule has 0 fully saturated rings. The molecule has 1 rings (SSSR count). The number of aromatic amines is 1. The van der Waals surface area contributed by atoms with E-state index in [4.69, 9.17) is 5.73 Å². The van der Waals surface area contributed by atoms with Crippen LogP contribution in [-0.2, 0) is 6.42 Å². The smallest absolute Gasteiger partial charge is 0.181 e. The third kappa shape index (κ3) is 1.73. The Hall–Kier alpha value is -1.04. The number of nitrogens with one attached hydrogen (secondary N) is 1. The van der Waals surface area contributed by atoms with Crippen molar-refractivity contribution in [2.75, 3.05) is 0 Å². The van der Waals surface area contributed by atoms with Crippen LogP contribution in [0.4, 0.5) is 0 Å². The third-order valence-electron chi connectivity index (χ3n) is 0.722. The fraction of sp³-hybridized carbons (Fsp3) is 0.333. The van der Waals surface area contributed by atoms with Gasteiger partial charge >= 0.3 is 0 Å². The van der Waals surface area contributed by atoms with Crippen molar-refractivity contribution >= 4 is 17.2 Å². The zero-order valence-corrected chi connectivity index (χ0v) is 5.35. The van der Waals surface area contributed by atoms with E-state index in [-0.39, 0.29) is 0 Å². The standard InChI is InChI=1S/C3H5N5S/c4-2(9)1-3-5-7-8-6-3/h1H2,(H2,4,9)(H,5,6,7,8). The van der Waals surface area contributed by atoms with Gasteiger partial charge in [-0.3, -0.25) is 0 Å². The average molecular weight is 143 g/mol. The van der Waals surface area contributed by atoms with Crippen LogP contribution in [0.3, 0.4) is 0 Å². The van der Waals surface area contributed by atoms with E-state index in [1.165, 1.54) is 0 Å². The lowest BCUT2D eigenvalue weighted by Gasteiger charge is -1.85. The van der Waals surface area contributed by atoms with Gasteiger partial charge in [-0.25, -0.2) is 0 Å². The number of hydrogen-bond donors (Lipinski definition) is 2. The minimum Gasteiger partial charge on any atom is -0.393 e. The molecule has 0 aromatic carbocycles. The molecule has 0 aliphatic rings. The number of tetrazole rings is 1. The summed E-state index contributed by atoms with van der Waals surface area (Å²) in [6, 6.07) is 0. The maximum atomic E-state index is 5.19. The van der Waals surface area contributed by atoms with Gasteiger partial charge in [0.1, 0.15) is 0 Å². The molecule has 9 heavy (non-hydrogen) atoms. The molecular weight excluding hydrogens is 138 g/mol. The molecule has 0 bridgehead atoms. The van der Waals surface area contributed by atoms with Crippen LogP contribution < -0.4 is 5.73 Å². The zero-order chi connectivity index (χ0) is 6.69. The number of nitrogens with zero attached hydrogens (tertiary/aromatic N) is 3. The van der Waals surface area contributed by atoms with Crippen LogP contribution in [0.25, 0.3) is 0 Å². The fourth-order valence-corrected chi connectivity index (χ4v) is 0.542. The predicted molar refractivity (Wildman–Crippen MR) is 34.7 cm³/mol. The second-order valence-electron chi connectivity index (χ2n) is 1.47. The summed E-state index contributed by atoms with van der Waals surface area (Å²) < 4.78 is 0. The van der Waals surface area contributed by atoms with Crippen LogP contribution in [0, 0.1) is 0 Å². The largest absolute Gasteiger partial charge is 0.393 e. The van der Waals surface area contributed by atoms with Crippen molar-refractivity contribution in [1.82, 2.24) is 20.6 Å². The number of H-pyrrole nitrogens is 1. The molecule has 0 radical (unpaired) electrons. The molecule has 1 heterocycles. The van der Waals surface area contributed by atoms with E-state index >= 15 is 0 Å². The maximum absolute atomic E-state index is 5.19. The lowest BCUT2D eigenvalue weighted by atomic mass is 10.4. The SMILES string of the molecule is NC(=S)Cc1nn[nH]n1. The van der Waals surface area contributed by atoms with Crippen molar-refractivity contribution < 1.29 is 0 Å². The first-order valence-corrected chi connectivity index (χ1v) is 2.70. The molecule has 5 nitrogen and oxygen atoms in total. The Kier molecular flexibility index (Phi) is 1.69. The Labute approximate surface area is 56.6 Å². The highest BCUT2D eigenvalue weighted by atomic mass is 32.1. The Balaban J connectivity index is 2.58. The maximum Gasteiger partial charge on any atom is 0.181 e. The number of aromatic nitrogens is 4. The lowest BCUT2D eigenvalue weighted by molar-refractivity contribution is 0.881. The van der Waals surface area contributed by atoms with E-state index in [0.29, 0.717) is 17.2 Å². The summed E-state index contributed by atoms with van der Waals surface area (Å²) in [5.74, 6) is 0.530. The van der Waals surface area contributed by atoms with Crippen molar-refractivity contribution in [3.8, 4) is 0 Å². The monoisotopic (exact) mass is 143 g/mol. The zero-order valence-electron chi connectivity index (χ0n) is 4.53. The van der Waals surface area contributed by atoms with Crippen LogP contribution in [0.1, 0.15) is 5.82 Å². The van der Waals surface area contributed by atoms with Crippen LogP contribution in [0.15, 0.2) is 0 Å². The first-order valence-electron chi connectivity index (χ1n) is 2.29. The normalized spacial score (nSPS) is 9.33. The summed E-state index contributed by atoms with van der Waals surface area (Å²) >= 11 is 4.60. The summed E-state index contributed by atoms with van der Waals surface area (Å²) in [5.41, 5.74) is 5.19. The third-order valence-corrected chi connectivity index (χ3v) is 0.866. The molecule has 0 aliphatic heterocycles. The summed E-state index contributed by atoms with van der Waals surface area (Å²) in [7, 11) is 0. The summed E-state index contributed by atoms with van der Waals surface area (Å²) in [6.07, 6.45) is 0.409. The second-order valence-corrected chi connectivity index (χ2v) is 2.00. The molecule has 48 valence electrons. The Morgan fingerprint density at radius 1 is 1.78 bits per heavy atom. The van der Waals surface area contributed by atoms with Crippen molar-refractivity contribution in [3.63, 3.8) is 0 Å². The van der Waals surface area contributed by atoms with Crippen LogP contribution in [0.5, 0.6) is 0 Å². The Bertz CT molecular complexity index is 192. The number of nitrogens with two attached hydrogens (primary N) is 1. The summed E-state index contributed by atoms with van der Waals surface area (Å²) in [4.78, 5) is 0.372. The van der Waals surface area contributed by atoms with Crippen molar-refractivity contribution in [2.45, 2.75) is 6.42 Å². The number of thiocarbonyl (C=S) groups is 1. The van der Waals surface area contributed by atoms with Gasteiger partial charge in [0, 0.05) is 0 Å². The molecule has 0 saturated heterocycles. The molecule has 0 saturated carbocycles. The summed E-state index contributed by atoms with van der Waals surface area (Å²) in [5, 5.41) is 12.9. The second kappa shape index (κ2) is 2.49. The van der Waals surface area contributed by atoms with Gasteiger partial charge in [-0.1, -0.05) is 17.4 Å². The molecule has 0 amide bonds. The van der Waals surface area contributed by atoms with Crippen molar-refractivity contribution in [3.05, 3.63) is 5.82 Å². The van der Waals surface area contributed by atoms with E-state index in [9.17, 15) is 0 Å². The average Bonchev–Trinajstić information content (AvgIpc) is 2.15. The topological polar surface area (TPSA) is 80.5 Å². The predicted octanol–water partition coefficient (Wildman–Crippen LogP) is -0.972. The number of rotatable bonds is 2. The molecule has 1 aromatic rings. The molecule has 0 unspecified atom stereocenters. The van der Waals surface area contributed by atoms with Gasteiger partial charge < -0.3 is 5.73 Å². The molecule has 0 spiro atoms. The summed E-state index contributed by atoms with van der Waals surface area (Å²) in [6.45, 7) is 0. The highest BCUT2D eigenvalue weighted by Gasteiger charge is 1.97. The minimum absolute atomic E-state index is 0.372. The number of hydrogen-bond acceptors (Lipinski definition) is 4. The Morgan fingerprint density at radius 2 is 2.56 bits per heavy atom. The van der Waals surface area contributed by atoms with E-state index in [2.05, 4.69) is 32.8 Å². The fourth-order valence-electron chi connectivity index (χ4n) is 0.413. The molecule has 6 heteroatoms. The first-order chi connectivity index (χ1) is 4.29. The Morgan fingerprint density at radius 3 is 3.00 bits per heavy atom. The van der Waals surface area contributed by atoms with Crippen molar-refractivity contribution in [2.24, 2.45) is 5.73 Å². The van der Waals surface area contributed by atoms with Gasteiger partial charge in [-0.2, -0.15) is 5.21 Å². The highest BCUT2D eigenvalue weighted by Crippen LogP contribution is 1.83. The van der Waals surface area contributed by atoms with Crippen LogP contribution in [-0.4, -0.2) is 25.6 Å². The van der Waals surface area contributed by atoms with Gasteiger partial charge in [0.2, 0.25) is 0 Å². The van der Waals surface area contributed by atoms with Crippen LogP contribution in [0.2, 0.25) is 0 Å². The molecule has 3 N–H and O–H groups in total. The van der Waals surface area contributed by atoms with E-state index in [0.717, 1.165) is 0 Å². The first kappa shape index (κ1) is 6.09. The van der Waals surface area contributed by atoms with Crippen LogP contribution >= 0.6 is 12.2 Å². The van der Waals surface area contributed by atoms with Gasteiger partial charge in [-0.15, -0.1) is 10.2 Å². The quantitative estimate of drug-likeness (QED) is 0.520. The van der Waals surface area contributed by atoms with Gasteiger partial charge in [0.25, 0.3) is 0 Å². The molecule has 1 aromatic heterocycles. The van der Waals surface area contributed by atoms with Gasteiger partial charge in [0.05, 0.1) is 11.4 Å². The van der Waals surface area contributed by atoms with E-state index in [1.54, 1.807) is 0 Å². The highest BCUT2D eigenvalue weighted by molar-refractivity contribution is 7.80. The molecular formula is C3H5N5S. The molecule has 0 aliphatic carbocycles. The van der Waals surface area contributed by atoms with Gasteiger partial charge in [0.15, 0.2) is 5.82 Å². The van der Waals surface area contributed by atoms with E-state index in [1.807, 2.05) is 0 Å². The van der Waals surface area contributed by atoms with Gasteiger partial charge in [-0.05, 0) is 0 Å². The van der Waals surface area contributed by atoms with Crippen molar-refractivity contribution in [1.29, 1.82) is 0 Å². The molecule has 0 atom stereocenters. The lowest BCUT2D eigenvalue weighted by Crippen LogP contribution is -2.11.